The number of ether oxygens (including phenoxy) is 1. The molecule has 0 saturated heterocycles. The quantitative estimate of drug-likeness (QED) is 0.657. The van der Waals surface area contributed by atoms with Gasteiger partial charge in [0.1, 0.15) is 5.76 Å². The third-order valence-electron chi connectivity index (χ3n) is 2.90. The van der Waals surface area contributed by atoms with Crippen LogP contribution in [-0.2, 0) is 16.1 Å². The molecule has 0 radical (unpaired) electrons. The van der Waals surface area contributed by atoms with E-state index in [1.807, 2.05) is 0 Å². The van der Waals surface area contributed by atoms with Gasteiger partial charge < -0.3 is 14.5 Å². The van der Waals surface area contributed by atoms with Crippen LogP contribution >= 0.6 is 23.2 Å². The van der Waals surface area contributed by atoms with Gasteiger partial charge in [0.2, 0.25) is 5.91 Å². The fourth-order valence-electron chi connectivity index (χ4n) is 1.82. The predicted molar refractivity (Wildman–Crippen MR) is 87.4 cm³/mol. The third kappa shape index (κ3) is 4.61. The van der Waals surface area contributed by atoms with Crippen LogP contribution in [0.1, 0.15) is 21.7 Å². The van der Waals surface area contributed by atoms with E-state index < -0.39 is 5.97 Å². The molecule has 23 heavy (non-hydrogen) atoms. The maximum Gasteiger partial charge on any atom is 0.340 e. The fraction of sp³-hybridized carbons (Fsp3) is 0.125. The standard InChI is InChI=1S/C16H13Cl2NO4/c1-22-16(21)15-12(17)7-10(8-13(15)18)9-19-14(20)5-4-11-3-2-6-23-11/h2-8H,9H2,1H3,(H,19,20). The van der Waals surface area contributed by atoms with Crippen LogP contribution in [0.5, 0.6) is 0 Å². The summed E-state index contributed by atoms with van der Waals surface area (Å²) in [4.78, 5) is 23.3. The largest absolute Gasteiger partial charge is 0.465 e. The van der Waals surface area contributed by atoms with Gasteiger partial charge >= 0.3 is 5.97 Å². The third-order valence-corrected chi connectivity index (χ3v) is 3.50. The van der Waals surface area contributed by atoms with E-state index in [1.165, 1.54) is 19.4 Å². The molecule has 0 aliphatic rings. The Bertz CT molecular complexity index is 716. The minimum absolute atomic E-state index is 0.101. The Morgan fingerprint density at radius 1 is 1.30 bits per heavy atom. The van der Waals surface area contributed by atoms with E-state index in [2.05, 4.69) is 10.1 Å². The number of hydrogen-bond acceptors (Lipinski definition) is 4. The zero-order valence-corrected chi connectivity index (χ0v) is 13.6. The maximum atomic E-state index is 11.7. The number of amides is 1. The lowest BCUT2D eigenvalue weighted by molar-refractivity contribution is -0.116. The number of nitrogens with one attached hydrogen (secondary N) is 1. The molecule has 0 unspecified atom stereocenters. The number of methoxy groups -OCH3 is 1. The summed E-state index contributed by atoms with van der Waals surface area (Å²) < 4.78 is 9.69. The monoisotopic (exact) mass is 353 g/mol. The number of rotatable bonds is 5. The number of carbonyl (C=O) groups excluding carboxylic acids is 2. The first-order valence-corrected chi connectivity index (χ1v) is 7.32. The molecule has 7 heteroatoms. The summed E-state index contributed by atoms with van der Waals surface area (Å²) in [6.07, 6.45) is 4.42. The molecule has 1 N–H and O–H groups in total. The maximum absolute atomic E-state index is 11.7. The van der Waals surface area contributed by atoms with Gasteiger partial charge in [-0.25, -0.2) is 4.79 Å². The van der Waals surface area contributed by atoms with Gasteiger partial charge in [0, 0.05) is 12.6 Å². The Balaban J connectivity index is 2.01. The van der Waals surface area contributed by atoms with E-state index in [9.17, 15) is 9.59 Å². The van der Waals surface area contributed by atoms with Crippen molar-refractivity contribution in [3.05, 3.63) is 63.5 Å². The van der Waals surface area contributed by atoms with E-state index in [1.54, 1.807) is 30.3 Å². The van der Waals surface area contributed by atoms with Gasteiger partial charge in [-0.15, -0.1) is 0 Å². The summed E-state index contributed by atoms with van der Waals surface area (Å²) in [5.74, 6) is -0.337. The number of halogens is 2. The van der Waals surface area contributed by atoms with Gasteiger partial charge in [-0.1, -0.05) is 23.2 Å². The molecule has 0 atom stereocenters. The Kier molecular flexibility index (Phi) is 5.84. The lowest BCUT2D eigenvalue weighted by Gasteiger charge is -2.09. The molecule has 2 rings (SSSR count). The SMILES string of the molecule is COC(=O)c1c(Cl)cc(CNC(=O)C=Cc2ccco2)cc1Cl. The summed E-state index contributed by atoms with van der Waals surface area (Å²) >= 11 is 12.1. The second-order valence-electron chi connectivity index (χ2n) is 4.49. The molecule has 0 bridgehead atoms. The van der Waals surface area contributed by atoms with E-state index in [-0.39, 0.29) is 28.1 Å². The zero-order valence-electron chi connectivity index (χ0n) is 12.1. The highest BCUT2D eigenvalue weighted by molar-refractivity contribution is 6.39. The van der Waals surface area contributed by atoms with Gasteiger partial charge in [-0.3, -0.25) is 4.79 Å². The van der Waals surface area contributed by atoms with Crippen molar-refractivity contribution in [2.75, 3.05) is 7.11 Å². The summed E-state index contributed by atoms with van der Waals surface area (Å²) in [6.45, 7) is 0.211. The molecule has 2 aromatic rings. The second-order valence-corrected chi connectivity index (χ2v) is 5.31. The van der Waals surface area contributed by atoms with Crippen LogP contribution in [0.3, 0.4) is 0 Å². The van der Waals surface area contributed by atoms with Crippen LogP contribution < -0.4 is 5.32 Å². The minimum Gasteiger partial charge on any atom is -0.465 e. The number of furan rings is 1. The van der Waals surface area contributed by atoms with Gasteiger partial charge in [-0.05, 0) is 35.9 Å². The van der Waals surface area contributed by atoms with Crippen molar-refractivity contribution in [2.45, 2.75) is 6.54 Å². The van der Waals surface area contributed by atoms with Crippen molar-refractivity contribution in [3.8, 4) is 0 Å². The van der Waals surface area contributed by atoms with Crippen molar-refractivity contribution < 1.29 is 18.7 Å². The van der Waals surface area contributed by atoms with Crippen molar-refractivity contribution >= 4 is 41.2 Å². The summed E-state index contributed by atoms with van der Waals surface area (Å²) in [6, 6.07) is 6.56. The highest BCUT2D eigenvalue weighted by atomic mass is 35.5. The second kappa shape index (κ2) is 7.85. The fourth-order valence-corrected chi connectivity index (χ4v) is 2.50. The first-order chi connectivity index (χ1) is 11.0. The van der Waals surface area contributed by atoms with E-state index in [0.717, 1.165) is 0 Å². The smallest absolute Gasteiger partial charge is 0.340 e. The lowest BCUT2D eigenvalue weighted by Crippen LogP contribution is -2.20. The molecule has 0 aliphatic heterocycles. The molecule has 0 spiro atoms. The molecule has 1 aromatic heterocycles. The van der Waals surface area contributed by atoms with Crippen molar-refractivity contribution in [2.24, 2.45) is 0 Å². The highest BCUT2D eigenvalue weighted by Gasteiger charge is 2.16. The van der Waals surface area contributed by atoms with E-state index >= 15 is 0 Å². The zero-order chi connectivity index (χ0) is 16.8. The van der Waals surface area contributed by atoms with Crippen molar-refractivity contribution in [3.63, 3.8) is 0 Å². The molecule has 0 saturated carbocycles. The Morgan fingerprint density at radius 3 is 2.57 bits per heavy atom. The van der Waals surface area contributed by atoms with Crippen molar-refractivity contribution in [1.29, 1.82) is 0 Å². The summed E-state index contributed by atoms with van der Waals surface area (Å²) in [5, 5.41) is 3.01. The van der Waals surface area contributed by atoms with Crippen molar-refractivity contribution in [1.82, 2.24) is 5.32 Å². The first kappa shape index (κ1) is 17.1. The average Bonchev–Trinajstić information content (AvgIpc) is 3.03. The number of hydrogen-bond donors (Lipinski definition) is 1. The van der Waals surface area contributed by atoms with E-state index in [0.29, 0.717) is 11.3 Å². The molecule has 0 fully saturated rings. The first-order valence-electron chi connectivity index (χ1n) is 6.57. The molecule has 1 amide bonds. The van der Waals surface area contributed by atoms with Crippen LogP contribution in [0.25, 0.3) is 6.08 Å². The Labute approximate surface area is 142 Å². The van der Waals surface area contributed by atoms with E-state index in [4.69, 9.17) is 27.6 Å². The van der Waals surface area contributed by atoms with Gasteiger partial charge in [0.05, 0.1) is 29.0 Å². The molecular weight excluding hydrogens is 341 g/mol. The molecule has 120 valence electrons. The molecular formula is C16H13Cl2NO4. The lowest BCUT2D eigenvalue weighted by atomic mass is 10.1. The molecule has 1 aromatic carbocycles. The number of esters is 1. The topological polar surface area (TPSA) is 68.5 Å². The highest BCUT2D eigenvalue weighted by Crippen LogP contribution is 2.27. The Hall–Kier alpha value is -2.24. The van der Waals surface area contributed by atoms with Gasteiger partial charge in [-0.2, -0.15) is 0 Å². The minimum atomic E-state index is -0.614. The summed E-state index contributed by atoms with van der Waals surface area (Å²) in [5.41, 5.74) is 0.760. The molecule has 1 heterocycles. The number of benzene rings is 1. The van der Waals surface area contributed by atoms with Crippen LogP contribution in [0.15, 0.2) is 41.0 Å². The van der Waals surface area contributed by atoms with Crippen LogP contribution in [-0.4, -0.2) is 19.0 Å². The van der Waals surface area contributed by atoms with Crippen LogP contribution in [0.4, 0.5) is 0 Å². The average molecular weight is 354 g/mol. The van der Waals surface area contributed by atoms with Gasteiger partial charge in [0.25, 0.3) is 0 Å². The number of carbonyl (C=O) groups is 2. The van der Waals surface area contributed by atoms with Gasteiger partial charge in [0.15, 0.2) is 0 Å². The molecule has 0 aliphatic carbocycles. The predicted octanol–water partition coefficient (Wildman–Crippen LogP) is 3.70. The Morgan fingerprint density at radius 2 is 2.00 bits per heavy atom. The van der Waals surface area contributed by atoms with Crippen LogP contribution in [0, 0.1) is 0 Å². The summed E-state index contributed by atoms with van der Waals surface area (Å²) in [7, 11) is 1.24. The normalized spacial score (nSPS) is 10.7. The molecule has 5 nitrogen and oxygen atoms in total. The van der Waals surface area contributed by atoms with Crippen LogP contribution in [0.2, 0.25) is 10.0 Å².